The van der Waals surface area contributed by atoms with Crippen LogP contribution < -0.4 is 10.6 Å². The molecule has 16 heavy (non-hydrogen) atoms. The van der Waals surface area contributed by atoms with Crippen molar-refractivity contribution in [1.82, 2.24) is 15.2 Å². The quantitative estimate of drug-likeness (QED) is 0.782. The van der Waals surface area contributed by atoms with Crippen molar-refractivity contribution in [3.8, 4) is 0 Å². The van der Waals surface area contributed by atoms with Crippen molar-refractivity contribution in [2.45, 2.75) is 25.9 Å². The first kappa shape index (κ1) is 11.2. The molecule has 1 aromatic rings. The highest BCUT2D eigenvalue weighted by Crippen LogP contribution is 2.14. The summed E-state index contributed by atoms with van der Waals surface area (Å²) < 4.78 is 2.07. The Kier molecular flexibility index (Phi) is 3.62. The summed E-state index contributed by atoms with van der Waals surface area (Å²) in [5.74, 6) is 0.328. The Morgan fingerprint density at radius 3 is 2.88 bits per heavy atom. The maximum Gasteiger partial charge on any atom is 0.224 e. The molecule has 1 aromatic heterocycles. The van der Waals surface area contributed by atoms with E-state index in [0.717, 1.165) is 19.5 Å². The molecule has 1 fully saturated rings. The fourth-order valence-electron chi connectivity index (χ4n) is 2.18. The highest BCUT2D eigenvalue weighted by molar-refractivity contribution is 5.79. The predicted octanol–water partition coefficient (Wildman–Crippen LogP) is 0.602. The first-order valence-corrected chi connectivity index (χ1v) is 5.89. The van der Waals surface area contributed by atoms with Gasteiger partial charge in [-0.15, -0.1) is 0 Å². The van der Waals surface area contributed by atoms with E-state index in [0.29, 0.717) is 12.6 Å². The van der Waals surface area contributed by atoms with E-state index in [1.807, 2.05) is 24.5 Å². The van der Waals surface area contributed by atoms with E-state index in [9.17, 15) is 4.79 Å². The zero-order valence-electron chi connectivity index (χ0n) is 9.65. The Labute approximate surface area is 96.0 Å². The van der Waals surface area contributed by atoms with Crippen LogP contribution in [0, 0.1) is 5.92 Å². The van der Waals surface area contributed by atoms with Gasteiger partial charge in [-0.05, 0) is 32.0 Å². The van der Waals surface area contributed by atoms with Gasteiger partial charge in [-0.1, -0.05) is 0 Å². The summed E-state index contributed by atoms with van der Waals surface area (Å²) in [7, 11) is 0. The molecule has 0 aromatic carbocycles. The molecule has 2 N–H and O–H groups in total. The molecular weight excluding hydrogens is 202 g/mol. The molecule has 0 spiro atoms. The lowest BCUT2D eigenvalue weighted by molar-refractivity contribution is -0.125. The summed E-state index contributed by atoms with van der Waals surface area (Å²) in [4.78, 5) is 11.8. The first-order valence-electron chi connectivity index (χ1n) is 5.89. The summed E-state index contributed by atoms with van der Waals surface area (Å²) in [6, 6.07) is 4.29. The average molecular weight is 221 g/mol. The summed E-state index contributed by atoms with van der Waals surface area (Å²) in [6.45, 7) is 4.57. The molecule has 2 unspecified atom stereocenters. The number of aromatic nitrogens is 1. The topological polar surface area (TPSA) is 46.1 Å². The average Bonchev–Trinajstić information content (AvgIpc) is 2.88. The van der Waals surface area contributed by atoms with Crippen LogP contribution in [-0.2, 0) is 11.3 Å². The van der Waals surface area contributed by atoms with Crippen molar-refractivity contribution in [2.75, 3.05) is 13.1 Å². The maximum atomic E-state index is 11.8. The molecule has 1 aliphatic heterocycles. The van der Waals surface area contributed by atoms with Gasteiger partial charge < -0.3 is 15.2 Å². The van der Waals surface area contributed by atoms with Gasteiger partial charge in [0, 0.05) is 31.5 Å². The van der Waals surface area contributed by atoms with Crippen LogP contribution in [0.1, 0.15) is 13.3 Å². The molecule has 2 rings (SSSR count). The third-order valence-corrected chi connectivity index (χ3v) is 3.20. The van der Waals surface area contributed by atoms with Gasteiger partial charge in [0.2, 0.25) is 5.91 Å². The van der Waals surface area contributed by atoms with E-state index in [4.69, 9.17) is 0 Å². The van der Waals surface area contributed by atoms with Crippen LogP contribution in [0.5, 0.6) is 0 Å². The van der Waals surface area contributed by atoms with Gasteiger partial charge in [0.15, 0.2) is 0 Å². The lowest BCUT2D eigenvalue weighted by Gasteiger charge is -2.15. The Morgan fingerprint density at radius 1 is 1.50 bits per heavy atom. The zero-order valence-corrected chi connectivity index (χ0v) is 9.65. The first-order chi connectivity index (χ1) is 7.77. The Morgan fingerprint density at radius 2 is 2.25 bits per heavy atom. The van der Waals surface area contributed by atoms with Crippen molar-refractivity contribution >= 4 is 5.91 Å². The van der Waals surface area contributed by atoms with Gasteiger partial charge in [0.25, 0.3) is 0 Å². The van der Waals surface area contributed by atoms with E-state index in [1.54, 1.807) is 0 Å². The van der Waals surface area contributed by atoms with Gasteiger partial charge in [-0.25, -0.2) is 0 Å². The van der Waals surface area contributed by atoms with Crippen LogP contribution in [0.25, 0.3) is 0 Å². The molecule has 0 radical (unpaired) electrons. The molecule has 2 heterocycles. The van der Waals surface area contributed by atoms with Crippen molar-refractivity contribution in [1.29, 1.82) is 0 Å². The van der Waals surface area contributed by atoms with Crippen molar-refractivity contribution in [3.05, 3.63) is 24.5 Å². The monoisotopic (exact) mass is 221 g/mol. The van der Waals surface area contributed by atoms with Gasteiger partial charge in [-0.2, -0.15) is 0 Å². The maximum absolute atomic E-state index is 11.8. The molecule has 0 saturated carbocycles. The normalized spacial score (nSPS) is 24.6. The summed E-state index contributed by atoms with van der Waals surface area (Å²) in [5, 5.41) is 6.28. The van der Waals surface area contributed by atoms with Crippen LogP contribution in [-0.4, -0.2) is 29.6 Å². The molecule has 1 saturated heterocycles. The number of hydrogen-bond donors (Lipinski definition) is 2. The van der Waals surface area contributed by atoms with Crippen LogP contribution >= 0.6 is 0 Å². The lowest BCUT2D eigenvalue weighted by atomic mass is 10.0. The largest absolute Gasteiger partial charge is 0.354 e. The number of hydrogen-bond acceptors (Lipinski definition) is 2. The highest BCUT2D eigenvalue weighted by Gasteiger charge is 2.28. The molecule has 1 aliphatic rings. The van der Waals surface area contributed by atoms with Crippen molar-refractivity contribution in [2.24, 2.45) is 5.92 Å². The molecule has 4 heteroatoms. The van der Waals surface area contributed by atoms with E-state index in [1.165, 1.54) is 0 Å². The van der Waals surface area contributed by atoms with E-state index < -0.39 is 0 Å². The number of carbonyl (C=O) groups is 1. The van der Waals surface area contributed by atoms with E-state index in [-0.39, 0.29) is 11.8 Å². The van der Waals surface area contributed by atoms with Crippen molar-refractivity contribution in [3.63, 3.8) is 0 Å². The summed E-state index contributed by atoms with van der Waals surface area (Å²) in [6.07, 6.45) is 4.97. The molecule has 0 aliphatic carbocycles. The van der Waals surface area contributed by atoms with Gasteiger partial charge in [0.1, 0.15) is 0 Å². The number of rotatable bonds is 4. The zero-order chi connectivity index (χ0) is 11.4. The molecule has 4 nitrogen and oxygen atoms in total. The Bertz CT molecular complexity index is 334. The van der Waals surface area contributed by atoms with Crippen LogP contribution in [0.3, 0.4) is 0 Å². The number of carbonyl (C=O) groups excluding carboxylic acids is 1. The molecule has 88 valence electrons. The van der Waals surface area contributed by atoms with Gasteiger partial charge >= 0.3 is 0 Å². The smallest absolute Gasteiger partial charge is 0.224 e. The molecule has 0 bridgehead atoms. The number of amides is 1. The second-order valence-electron chi connectivity index (χ2n) is 4.35. The minimum Gasteiger partial charge on any atom is -0.354 e. The van der Waals surface area contributed by atoms with Crippen LogP contribution in [0.15, 0.2) is 24.5 Å². The minimum absolute atomic E-state index is 0.143. The Hall–Kier alpha value is -1.29. The van der Waals surface area contributed by atoms with E-state index >= 15 is 0 Å². The minimum atomic E-state index is 0.143. The third-order valence-electron chi connectivity index (χ3n) is 3.20. The Balaban J connectivity index is 1.71. The predicted molar refractivity (Wildman–Crippen MR) is 63.0 cm³/mol. The number of nitrogens with one attached hydrogen (secondary N) is 2. The second-order valence-corrected chi connectivity index (χ2v) is 4.35. The van der Waals surface area contributed by atoms with Gasteiger partial charge in [0.05, 0.1) is 5.92 Å². The molecular formula is C12H19N3O. The molecule has 2 atom stereocenters. The standard InChI is InChI=1S/C12H19N3O/c1-10-11(4-5-13-10)12(16)14-6-9-15-7-2-3-8-15/h2-3,7-8,10-11,13H,4-6,9H2,1H3,(H,14,16). The number of nitrogens with zero attached hydrogens (tertiary/aromatic N) is 1. The summed E-state index contributed by atoms with van der Waals surface area (Å²) >= 11 is 0. The molecule has 1 amide bonds. The van der Waals surface area contributed by atoms with Crippen LogP contribution in [0.4, 0.5) is 0 Å². The van der Waals surface area contributed by atoms with Crippen LogP contribution in [0.2, 0.25) is 0 Å². The highest BCUT2D eigenvalue weighted by atomic mass is 16.1. The SMILES string of the molecule is CC1NCCC1C(=O)NCCn1cccc1. The van der Waals surface area contributed by atoms with Crippen molar-refractivity contribution < 1.29 is 4.79 Å². The van der Waals surface area contributed by atoms with Gasteiger partial charge in [-0.3, -0.25) is 4.79 Å². The van der Waals surface area contributed by atoms with E-state index in [2.05, 4.69) is 22.1 Å². The second kappa shape index (κ2) is 5.16. The summed E-state index contributed by atoms with van der Waals surface area (Å²) in [5.41, 5.74) is 0. The lowest BCUT2D eigenvalue weighted by Crippen LogP contribution is -2.37. The fraction of sp³-hybridized carbons (Fsp3) is 0.583. The fourth-order valence-corrected chi connectivity index (χ4v) is 2.18. The third kappa shape index (κ3) is 2.64.